The molecule has 124 valence electrons. The predicted octanol–water partition coefficient (Wildman–Crippen LogP) is 2.58. The Kier molecular flexibility index (Phi) is 5.27. The highest BCUT2D eigenvalue weighted by molar-refractivity contribution is 5.95. The molecule has 1 fully saturated rings. The topological polar surface area (TPSA) is 72.9 Å². The van der Waals surface area contributed by atoms with E-state index in [-0.39, 0.29) is 17.5 Å². The average Bonchev–Trinajstić information content (AvgIpc) is 2.87. The largest absolute Gasteiger partial charge is 0.348 e. The van der Waals surface area contributed by atoms with Crippen molar-refractivity contribution in [1.29, 1.82) is 0 Å². The fourth-order valence-corrected chi connectivity index (χ4v) is 3.46. The SMILES string of the molecule is Cc1c(C(=O)NC(CN)C2CCCCC2)cnn1C(C)(C)C. The van der Waals surface area contributed by atoms with Crippen LogP contribution in [0.25, 0.3) is 0 Å². The number of hydrogen-bond acceptors (Lipinski definition) is 3. The van der Waals surface area contributed by atoms with Crippen LogP contribution in [0.4, 0.5) is 0 Å². The van der Waals surface area contributed by atoms with Crippen LogP contribution >= 0.6 is 0 Å². The van der Waals surface area contributed by atoms with Crippen molar-refractivity contribution in [3.8, 4) is 0 Å². The molecule has 1 unspecified atom stereocenters. The minimum absolute atomic E-state index is 0.0472. The molecule has 0 saturated heterocycles. The number of nitrogens with one attached hydrogen (secondary N) is 1. The predicted molar refractivity (Wildman–Crippen MR) is 88.8 cm³/mol. The first-order valence-electron chi connectivity index (χ1n) is 8.40. The number of nitrogens with two attached hydrogens (primary N) is 1. The van der Waals surface area contributed by atoms with Crippen LogP contribution in [0.1, 0.15) is 68.9 Å². The Bertz CT molecular complexity index is 509. The lowest BCUT2D eigenvalue weighted by molar-refractivity contribution is 0.0914. The number of rotatable bonds is 4. The van der Waals surface area contributed by atoms with Gasteiger partial charge in [-0.05, 0) is 46.5 Å². The molecule has 0 aliphatic heterocycles. The van der Waals surface area contributed by atoms with E-state index in [1.807, 2.05) is 11.6 Å². The Hall–Kier alpha value is -1.36. The van der Waals surface area contributed by atoms with Crippen molar-refractivity contribution in [1.82, 2.24) is 15.1 Å². The van der Waals surface area contributed by atoms with Gasteiger partial charge in [0, 0.05) is 18.3 Å². The van der Waals surface area contributed by atoms with E-state index in [1.165, 1.54) is 32.1 Å². The molecule has 1 saturated carbocycles. The summed E-state index contributed by atoms with van der Waals surface area (Å²) in [6.07, 6.45) is 7.81. The van der Waals surface area contributed by atoms with Gasteiger partial charge in [-0.2, -0.15) is 5.10 Å². The molecule has 1 aliphatic rings. The van der Waals surface area contributed by atoms with Gasteiger partial charge in [0.1, 0.15) is 0 Å². The zero-order valence-corrected chi connectivity index (χ0v) is 14.4. The Morgan fingerprint density at radius 3 is 2.55 bits per heavy atom. The third-order valence-corrected chi connectivity index (χ3v) is 4.68. The van der Waals surface area contributed by atoms with Gasteiger partial charge < -0.3 is 11.1 Å². The normalized spacial score (nSPS) is 18.2. The van der Waals surface area contributed by atoms with E-state index in [4.69, 9.17) is 5.73 Å². The summed E-state index contributed by atoms with van der Waals surface area (Å²) < 4.78 is 1.90. The van der Waals surface area contributed by atoms with Crippen LogP contribution in [0.2, 0.25) is 0 Å². The first-order chi connectivity index (χ1) is 10.3. The lowest BCUT2D eigenvalue weighted by Crippen LogP contribution is -2.46. The van der Waals surface area contributed by atoms with E-state index in [0.29, 0.717) is 18.0 Å². The zero-order chi connectivity index (χ0) is 16.3. The molecule has 2 rings (SSSR count). The maximum atomic E-state index is 12.6. The van der Waals surface area contributed by atoms with Crippen molar-refractivity contribution >= 4 is 5.91 Å². The molecule has 1 atom stereocenters. The second-order valence-corrected chi connectivity index (χ2v) is 7.44. The molecule has 1 amide bonds. The van der Waals surface area contributed by atoms with Gasteiger partial charge in [0.15, 0.2) is 0 Å². The summed E-state index contributed by atoms with van der Waals surface area (Å²) in [6, 6.07) is 0.0742. The molecule has 0 radical (unpaired) electrons. The molecule has 0 spiro atoms. The standard InChI is InChI=1S/C17H30N4O/c1-12-14(11-19-21(12)17(2,3)4)16(22)20-15(10-18)13-8-6-5-7-9-13/h11,13,15H,5-10,18H2,1-4H3,(H,20,22). The Morgan fingerprint density at radius 1 is 1.41 bits per heavy atom. The molecule has 5 heteroatoms. The van der Waals surface area contributed by atoms with Gasteiger partial charge >= 0.3 is 0 Å². The Morgan fingerprint density at radius 2 is 2.05 bits per heavy atom. The maximum Gasteiger partial charge on any atom is 0.255 e. The van der Waals surface area contributed by atoms with Crippen molar-refractivity contribution < 1.29 is 4.79 Å². The first-order valence-corrected chi connectivity index (χ1v) is 8.40. The fourth-order valence-electron chi connectivity index (χ4n) is 3.46. The maximum absolute atomic E-state index is 12.6. The molecule has 22 heavy (non-hydrogen) atoms. The number of carbonyl (C=O) groups is 1. The first kappa shape index (κ1) is 17.0. The molecule has 0 aromatic carbocycles. The molecule has 1 heterocycles. The number of nitrogens with zero attached hydrogens (tertiary/aromatic N) is 2. The number of hydrogen-bond donors (Lipinski definition) is 2. The van der Waals surface area contributed by atoms with Gasteiger partial charge in [0.2, 0.25) is 0 Å². The van der Waals surface area contributed by atoms with Crippen molar-refractivity contribution in [2.24, 2.45) is 11.7 Å². The van der Waals surface area contributed by atoms with Gasteiger partial charge in [-0.25, -0.2) is 0 Å². The molecule has 1 aromatic heterocycles. The summed E-state index contributed by atoms with van der Waals surface area (Å²) in [6.45, 7) is 8.70. The highest BCUT2D eigenvalue weighted by atomic mass is 16.1. The monoisotopic (exact) mass is 306 g/mol. The fraction of sp³-hybridized carbons (Fsp3) is 0.765. The van der Waals surface area contributed by atoms with Crippen molar-refractivity contribution in [2.45, 2.75) is 71.4 Å². The van der Waals surface area contributed by atoms with E-state index < -0.39 is 0 Å². The van der Waals surface area contributed by atoms with Crippen LogP contribution in [0, 0.1) is 12.8 Å². The molecule has 3 N–H and O–H groups in total. The minimum atomic E-state index is -0.126. The van der Waals surface area contributed by atoms with Crippen LogP contribution in [0.5, 0.6) is 0 Å². The van der Waals surface area contributed by atoms with Gasteiger partial charge in [0.25, 0.3) is 5.91 Å². The second kappa shape index (κ2) is 6.82. The molecular weight excluding hydrogens is 276 g/mol. The van der Waals surface area contributed by atoms with Crippen LogP contribution in [0.15, 0.2) is 6.20 Å². The van der Waals surface area contributed by atoms with E-state index in [1.54, 1.807) is 6.20 Å². The third kappa shape index (κ3) is 3.69. The van der Waals surface area contributed by atoms with Crippen LogP contribution in [-0.2, 0) is 5.54 Å². The van der Waals surface area contributed by atoms with Crippen LogP contribution < -0.4 is 11.1 Å². The van der Waals surface area contributed by atoms with Gasteiger partial charge in [-0.3, -0.25) is 9.48 Å². The van der Waals surface area contributed by atoms with E-state index in [2.05, 4.69) is 31.2 Å². The van der Waals surface area contributed by atoms with E-state index >= 15 is 0 Å². The third-order valence-electron chi connectivity index (χ3n) is 4.68. The summed E-state index contributed by atoms with van der Waals surface area (Å²) in [5.41, 5.74) is 7.34. The summed E-state index contributed by atoms with van der Waals surface area (Å²) in [4.78, 5) is 12.6. The van der Waals surface area contributed by atoms with E-state index in [0.717, 1.165) is 5.69 Å². The summed E-state index contributed by atoms with van der Waals surface area (Å²) in [7, 11) is 0. The second-order valence-electron chi connectivity index (χ2n) is 7.44. The van der Waals surface area contributed by atoms with E-state index in [9.17, 15) is 4.79 Å². The highest BCUT2D eigenvalue weighted by Gasteiger charge is 2.26. The number of carbonyl (C=O) groups excluding carboxylic acids is 1. The summed E-state index contributed by atoms with van der Waals surface area (Å²) >= 11 is 0. The van der Waals surface area contributed by atoms with Crippen LogP contribution in [-0.4, -0.2) is 28.3 Å². The average molecular weight is 306 g/mol. The van der Waals surface area contributed by atoms with Crippen LogP contribution in [0.3, 0.4) is 0 Å². The molecule has 1 aliphatic carbocycles. The van der Waals surface area contributed by atoms with Gasteiger partial charge in [-0.1, -0.05) is 19.3 Å². The number of amides is 1. The molecule has 5 nitrogen and oxygen atoms in total. The highest BCUT2D eigenvalue weighted by Crippen LogP contribution is 2.26. The number of aromatic nitrogens is 2. The molecular formula is C17H30N4O. The molecule has 0 bridgehead atoms. The lowest BCUT2D eigenvalue weighted by atomic mass is 9.84. The summed E-state index contributed by atoms with van der Waals surface area (Å²) in [5, 5.41) is 7.52. The Labute approximate surface area is 133 Å². The van der Waals surface area contributed by atoms with Crippen molar-refractivity contribution in [3.05, 3.63) is 17.5 Å². The van der Waals surface area contributed by atoms with Crippen molar-refractivity contribution in [2.75, 3.05) is 6.54 Å². The summed E-state index contributed by atoms with van der Waals surface area (Å²) in [5.74, 6) is 0.467. The lowest BCUT2D eigenvalue weighted by Gasteiger charge is -2.30. The quantitative estimate of drug-likeness (QED) is 0.898. The molecule has 1 aromatic rings. The smallest absolute Gasteiger partial charge is 0.255 e. The minimum Gasteiger partial charge on any atom is -0.348 e. The zero-order valence-electron chi connectivity index (χ0n) is 14.4. The van der Waals surface area contributed by atoms with Gasteiger partial charge in [0.05, 0.1) is 17.3 Å². The van der Waals surface area contributed by atoms with Gasteiger partial charge in [-0.15, -0.1) is 0 Å². The van der Waals surface area contributed by atoms with Crippen molar-refractivity contribution in [3.63, 3.8) is 0 Å². The Balaban J connectivity index is 2.09.